The number of carboxylic acid groups (broad SMARTS) is 1. The van der Waals surface area contributed by atoms with Crippen LogP contribution in [0.3, 0.4) is 0 Å². The first kappa shape index (κ1) is 21.3. The van der Waals surface area contributed by atoms with Crippen LogP contribution in [0.25, 0.3) is 5.69 Å². The first-order chi connectivity index (χ1) is 12.8. The first-order valence-electron chi connectivity index (χ1n) is 8.28. The zero-order valence-electron chi connectivity index (χ0n) is 15.8. The summed E-state index contributed by atoms with van der Waals surface area (Å²) in [6, 6.07) is 6.75. The molecule has 0 aliphatic heterocycles. The summed E-state index contributed by atoms with van der Waals surface area (Å²) in [5, 5.41) is 11.9. The highest BCUT2D eigenvalue weighted by molar-refractivity contribution is 5.84. The topological polar surface area (TPSA) is 84.4 Å². The first-order valence-corrected chi connectivity index (χ1v) is 8.28. The third-order valence-electron chi connectivity index (χ3n) is 3.65. The number of amides is 1. The van der Waals surface area contributed by atoms with Gasteiger partial charge in [-0.05, 0) is 26.3 Å². The summed E-state index contributed by atoms with van der Waals surface area (Å²) in [4.78, 5) is 23.2. The van der Waals surface area contributed by atoms with Crippen LogP contribution in [0, 0.1) is 0 Å². The Labute approximate surface area is 159 Å². The van der Waals surface area contributed by atoms with E-state index in [0.29, 0.717) is 11.6 Å². The van der Waals surface area contributed by atoms with Gasteiger partial charge in [-0.3, -0.25) is 0 Å². The van der Waals surface area contributed by atoms with Gasteiger partial charge in [-0.1, -0.05) is 16.8 Å². The highest BCUT2D eigenvalue weighted by atomic mass is 19.4. The summed E-state index contributed by atoms with van der Waals surface area (Å²) in [5.41, 5.74) is -1.54. The van der Waals surface area contributed by atoms with Gasteiger partial charge in [-0.15, -0.1) is 4.68 Å². The fourth-order valence-corrected chi connectivity index (χ4v) is 2.57. The molecule has 1 aromatic carbocycles. The van der Waals surface area contributed by atoms with E-state index in [0.717, 1.165) is 16.4 Å². The number of nitrogens with one attached hydrogen (secondary N) is 1. The fraction of sp³-hybridized carbons (Fsp3) is 0.389. The number of aromatic nitrogens is 2. The minimum absolute atomic E-state index is 0.0578. The number of rotatable bonds is 4. The quantitative estimate of drug-likeness (QED) is 0.773. The molecule has 152 valence electrons. The van der Waals surface area contributed by atoms with Crippen LogP contribution in [0.4, 0.5) is 18.0 Å². The molecule has 1 amide bonds. The molecule has 2 aromatic rings. The van der Waals surface area contributed by atoms with Crippen molar-refractivity contribution in [1.82, 2.24) is 10.00 Å². The summed E-state index contributed by atoms with van der Waals surface area (Å²) >= 11 is 0. The van der Waals surface area contributed by atoms with Gasteiger partial charge in [0.2, 0.25) is 5.69 Å². The molecule has 0 spiro atoms. The lowest BCUT2D eigenvalue weighted by Crippen LogP contribution is -2.45. The van der Waals surface area contributed by atoms with Crippen LogP contribution in [0.15, 0.2) is 30.3 Å². The van der Waals surface area contributed by atoms with Crippen molar-refractivity contribution < 1.29 is 37.3 Å². The largest absolute Gasteiger partial charge is 0.473 e. The molecule has 0 saturated heterocycles. The van der Waals surface area contributed by atoms with Crippen LogP contribution < -0.4 is 10.00 Å². The van der Waals surface area contributed by atoms with Crippen molar-refractivity contribution in [2.45, 2.75) is 39.1 Å². The van der Waals surface area contributed by atoms with E-state index < -0.39 is 35.2 Å². The van der Waals surface area contributed by atoms with Gasteiger partial charge in [0.1, 0.15) is 5.60 Å². The smallest absolute Gasteiger partial charge is 0.437 e. The number of carbonyl (C=O) groups excluding carboxylic acids is 1. The molecule has 0 aliphatic carbocycles. The molecule has 0 unspecified atom stereocenters. The molecule has 28 heavy (non-hydrogen) atoms. The number of halogens is 3. The predicted octanol–water partition coefficient (Wildman–Crippen LogP) is 3.04. The maximum Gasteiger partial charge on any atom is 0.437 e. The van der Waals surface area contributed by atoms with Crippen LogP contribution >= 0.6 is 0 Å². The summed E-state index contributed by atoms with van der Waals surface area (Å²) < 4.78 is 46.3. The molecule has 2 rings (SSSR count). The molecule has 0 bridgehead atoms. The molecule has 0 fully saturated rings. The van der Waals surface area contributed by atoms with Crippen molar-refractivity contribution in [1.29, 1.82) is 0 Å². The maximum atomic E-state index is 13.2. The van der Waals surface area contributed by atoms with E-state index in [9.17, 15) is 27.9 Å². The molecule has 10 heteroatoms. The van der Waals surface area contributed by atoms with Crippen molar-refractivity contribution in [3.63, 3.8) is 0 Å². The van der Waals surface area contributed by atoms with E-state index in [1.807, 2.05) is 0 Å². The van der Waals surface area contributed by atoms with Crippen molar-refractivity contribution in [3.8, 4) is 5.69 Å². The van der Waals surface area contributed by atoms with E-state index in [1.165, 1.54) is 12.1 Å². The Morgan fingerprint density at radius 3 is 2.39 bits per heavy atom. The van der Waals surface area contributed by atoms with E-state index in [2.05, 4.69) is 5.32 Å². The maximum absolute atomic E-state index is 13.2. The van der Waals surface area contributed by atoms with Gasteiger partial charge in [0.25, 0.3) is 0 Å². The molecule has 1 heterocycles. The van der Waals surface area contributed by atoms with Crippen LogP contribution in [-0.2, 0) is 24.5 Å². The van der Waals surface area contributed by atoms with Gasteiger partial charge in [0, 0.05) is 18.7 Å². The molecule has 0 radical (unpaired) electrons. The Bertz CT molecular complexity index is 898. The number of hydrogen-bond donors (Lipinski definition) is 2. The highest BCUT2D eigenvalue weighted by Gasteiger charge is 2.42. The van der Waals surface area contributed by atoms with Gasteiger partial charge in [-0.2, -0.15) is 13.2 Å². The van der Waals surface area contributed by atoms with E-state index in [1.54, 1.807) is 32.9 Å². The van der Waals surface area contributed by atoms with Crippen molar-refractivity contribution in [2.24, 2.45) is 7.05 Å². The molecular formula is C18H21F3N3O4+. The normalized spacial score (nSPS) is 12.0. The summed E-state index contributed by atoms with van der Waals surface area (Å²) in [5.74, 6) is -1.50. The average Bonchev–Trinajstić information content (AvgIpc) is 2.89. The number of ether oxygens (including phenoxy) is 1. The summed E-state index contributed by atoms with van der Waals surface area (Å²) in [6.45, 7) is 5.20. The Morgan fingerprint density at radius 2 is 1.86 bits per heavy atom. The van der Waals surface area contributed by atoms with Gasteiger partial charge in [0.15, 0.2) is 5.69 Å². The minimum Gasteiger partial charge on any atom is -0.473 e. The third-order valence-corrected chi connectivity index (χ3v) is 3.65. The highest BCUT2D eigenvalue weighted by Crippen LogP contribution is 2.29. The predicted molar refractivity (Wildman–Crippen MR) is 92.0 cm³/mol. The minimum atomic E-state index is -4.71. The Balaban J connectivity index is 2.35. The molecule has 7 nitrogen and oxygen atoms in total. The van der Waals surface area contributed by atoms with Gasteiger partial charge >= 0.3 is 23.9 Å². The monoisotopic (exact) mass is 400 g/mol. The lowest BCUT2D eigenvalue weighted by atomic mass is 10.2. The average molecular weight is 400 g/mol. The van der Waals surface area contributed by atoms with E-state index in [4.69, 9.17) is 4.74 Å². The Hall–Kier alpha value is -3.04. The van der Waals surface area contributed by atoms with Gasteiger partial charge in [0.05, 0.1) is 13.1 Å². The number of carboxylic acids is 1. The van der Waals surface area contributed by atoms with Crippen LogP contribution in [0.5, 0.6) is 0 Å². The zero-order valence-corrected chi connectivity index (χ0v) is 15.8. The lowest BCUT2D eigenvalue weighted by Gasteiger charge is -2.19. The SMILES string of the molecule is Cn1c(C(F)(F)F)cc(C(=O)O)[n+]1-c1cccc(CNC(=O)OC(C)(C)C)c1. The second-order valence-corrected chi connectivity index (χ2v) is 7.08. The van der Waals surface area contributed by atoms with Gasteiger partial charge in [-0.25, -0.2) is 9.59 Å². The number of nitrogens with zero attached hydrogens (tertiary/aromatic N) is 2. The summed E-state index contributed by atoms with van der Waals surface area (Å²) in [7, 11) is 1.13. The molecule has 2 N–H and O–H groups in total. The zero-order chi connectivity index (χ0) is 21.3. The van der Waals surface area contributed by atoms with Crippen molar-refractivity contribution in [2.75, 3.05) is 0 Å². The van der Waals surface area contributed by atoms with E-state index in [-0.39, 0.29) is 12.2 Å². The fourth-order valence-electron chi connectivity index (χ4n) is 2.57. The standard InChI is InChI=1S/C18H20F3N3O4/c1-17(2,3)28-16(27)22-10-11-6-5-7-12(8-11)24-13(15(25)26)9-14(23(24)4)18(19,20)21/h5-9H,10H2,1-4H3,(H-,22,25,26,27)/p+1. The molecule has 1 aromatic heterocycles. The molecule has 0 saturated carbocycles. The van der Waals surface area contributed by atoms with Crippen molar-refractivity contribution in [3.05, 3.63) is 47.3 Å². The summed E-state index contributed by atoms with van der Waals surface area (Å²) in [6.07, 6.45) is -5.35. The molecule has 0 atom stereocenters. The second kappa shape index (κ2) is 7.53. The number of carbonyl (C=O) groups is 2. The van der Waals surface area contributed by atoms with Gasteiger partial charge < -0.3 is 15.2 Å². The van der Waals surface area contributed by atoms with Crippen LogP contribution in [0.2, 0.25) is 0 Å². The number of aromatic carboxylic acids is 1. The molecule has 0 aliphatic rings. The molecular weight excluding hydrogens is 379 g/mol. The number of benzene rings is 1. The van der Waals surface area contributed by atoms with E-state index >= 15 is 0 Å². The second-order valence-electron chi connectivity index (χ2n) is 7.08. The number of alkyl carbamates (subject to hydrolysis) is 1. The van der Waals surface area contributed by atoms with Crippen molar-refractivity contribution >= 4 is 12.1 Å². The van der Waals surface area contributed by atoms with Crippen LogP contribution in [0.1, 0.15) is 42.5 Å². The number of hydrogen-bond acceptors (Lipinski definition) is 3. The Morgan fingerprint density at radius 1 is 1.21 bits per heavy atom. The number of alkyl halides is 3. The lowest BCUT2D eigenvalue weighted by molar-refractivity contribution is -0.686. The van der Waals surface area contributed by atoms with Crippen LogP contribution in [-0.4, -0.2) is 27.5 Å². The Kier molecular flexibility index (Phi) is 5.72. The third kappa shape index (κ3) is 5.02.